The minimum absolute atomic E-state index is 0.384. The minimum atomic E-state index is -0.887. The van der Waals surface area contributed by atoms with Crippen LogP contribution in [0, 0.1) is 11.8 Å². The van der Waals surface area contributed by atoms with E-state index in [0.29, 0.717) is 30.5 Å². The van der Waals surface area contributed by atoms with Crippen molar-refractivity contribution in [3.8, 4) is 0 Å². The second-order valence-electron chi connectivity index (χ2n) is 7.64. The van der Waals surface area contributed by atoms with E-state index in [1.54, 1.807) is 6.08 Å². The lowest BCUT2D eigenvalue weighted by Gasteiger charge is -2.27. The van der Waals surface area contributed by atoms with Crippen molar-refractivity contribution in [3.05, 3.63) is 24.3 Å². The first-order chi connectivity index (χ1) is 12.7. The highest BCUT2D eigenvalue weighted by molar-refractivity contribution is 5.79. The number of aliphatic carboxylic acids is 1. The van der Waals surface area contributed by atoms with Gasteiger partial charge in [0.15, 0.2) is 0 Å². The Balaban J connectivity index is 1.63. The van der Waals surface area contributed by atoms with Gasteiger partial charge in [0.1, 0.15) is 0 Å². The molecule has 2 saturated heterocycles. The van der Waals surface area contributed by atoms with Crippen LogP contribution in [0.3, 0.4) is 0 Å². The van der Waals surface area contributed by atoms with Gasteiger partial charge in [0.05, 0.1) is 18.8 Å². The number of rotatable bonds is 14. The van der Waals surface area contributed by atoms with Crippen LogP contribution in [0.1, 0.15) is 71.1 Å². The van der Waals surface area contributed by atoms with E-state index in [1.807, 2.05) is 0 Å². The zero-order chi connectivity index (χ0) is 18.6. The number of hydrogen-bond acceptors (Lipinski definition) is 3. The lowest BCUT2D eigenvalue weighted by Crippen LogP contribution is -2.30. The van der Waals surface area contributed by atoms with E-state index >= 15 is 0 Å². The van der Waals surface area contributed by atoms with Crippen LogP contribution in [0.4, 0.5) is 0 Å². The Morgan fingerprint density at radius 3 is 2.54 bits per heavy atom. The summed E-state index contributed by atoms with van der Waals surface area (Å²) in [5.74, 6) is 0.188. The molecule has 2 bridgehead atoms. The first kappa shape index (κ1) is 21.2. The summed E-state index contributed by atoms with van der Waals surface area (Å²) in [6.07, 6.45) is 19.7. The van der Waals surface area contributed by atoms with Gasteiger partial charge < -0.3 is 14.6 Å². The first-order valence-corrected chi connectivity index (χ1v) is 10.5. The molecule has 0 unspecified atom stereocenters. The Kier molecular flexibility index (Phi) is 10.0. The largest absolute Gasteiger partial charge is 0.478 e. The summed E-state index contributed by atoms with van der Waals surface area (Å²) in [6.45, 7) is 3.95. The Bertz CT molecular complexity index is 457. The smallest absolute Gasteiger partial charge is 0.327 e. The fourth-order valence-corrected chi connectivity index (χ4v) is 4.23. The third-order valence-corrected chi connectivity index (χ3v) is 5.65. The summed E-state index contributed by atoms with van der Waals surface area (Å²) in [7, 11) is 0. The molecule has 148 valence electrons. The number of carboxylic acid groups (broad SMARTS) is 1. The third-order valence-electron chi connectivity index (χ3n) is 5.65. The van der Waals surface area contributed by atoms with Crippen molar-refractivity contribution in [1.29, 1.82) is 0 Å². The summed E-state index contributed by atoms with van der Waals surface area (Å²) in [4.78, 5) is 10.4. The molecule has 0 aliphatic carbocycles. The van der Waals surface area contributed by atoms with Crippen molar-refractivity contribution in [3.63, 3.8) is 0 Å². The molecule has 0 aromatic carbocycles. The van der Waals surface area contributed by atoms with Crippen LogP contribution in [0.2, 0.25) is 0 Å². The summed E-state index contributed by atoms with van der Waals surface area (Å²) in [6, 6.07) is 0. The van der Waals surface area contributed by atoms with Gasteiger partial charge in [0, 0.05) is 18.6 Å². The highest BCUT2D eigenvalue weighted by Gasteiger charge is 2.48. The normalized spacial score (nSPS) is 27.9. The SMILES string of the molecule is CCCCCCCCOC[C@@H]1[C@H](C/C=C\C/C=C/C(=O)O)[C@@H]2CC[C@H]1O2. The molecular weight excluding hydrogens is 328 g/mol. The summed E-state index contributed by atoms with van der Waals surface area (Å²) < 4.78 is 12.1. The molecule has 0 radical (unpaired) electrons. The monoisotopic (exact) mass is 364 g/mol. The fourth-order valence-electron chi connectivity index (χ4n) is 4.23. The maximum absolute atomic E-state index is 10.4. The van der Waals surface area contributed by atoms with Crippen LogP contribution in [-0.4, -0.2) is 36.5 Å². The molecule has 1 N–H and O–H groups in total. The van der Waals surface area contributed by atoms with Crippen LogP contribution in [-0.2, 0) is 14.3 Å². The molecule has 0 amide bonds. The predicted octanol–water partition coefficient (Wildman–Crippen LogP) is 5.13. The third kappa shape index (κ3) is 7.24. The van der Waals surface area contributed by atoms with Gasteiger partial charge in [-0.1, -0.05) is 57.3 Å². The first-order valence-electron chi connectivity index (χ1n) is 10.5. The lowest BCUT2D eigenvalue weighted by atomic mass is 9.78. The highest BCUT2D eigenvalue weighted by atomic mass is 16.5. The van der Waals surface area contributed by atoms with Gasteiger partial charge in [-0.25, -0.2) is 4.79 Å². The molecule has 2 fully saturated rings. The maximum Gasteiger partial charge on any atom is 0.327 e. The second kappa shape index (κ2) is 12.3. The van der Waals surface area contributed by atoms with Gasteiger partial charge in [-0.3, -0.25) is 0 Å². The summed E-state index contributed by atoms with van der Waals surface area (Å²) in [5, 5.41) is 8.58. The molecule has 4 nitrogen and oxygen atoms in total. The van der Waals surface area contributed by atoms with E-state index in [1.165, 1.54) is 57.4 Å². The Morgan fingerprint density at radius 2 is 1.77 bits per heavy atom. The van der Waals surface area contributed by atoms with Crippen LogP contribution in [0.5, 0.6) is 0 Å². The zero-order valence-corrected chi connectivity index (χ0v) is 16.3. The molecule has 0 aromatic heterocycles. The molecule has 2 rings (SSSR count). The number of hydrogen-bond donors (Lipinski definition) is 1. The van der Waals surface area contributed by atoms with E-state index in [9.17, 15) is 4.79 Å². The molecule has 4 heteroatoms. The lowest BCUT2D eigenvalue weighted by molar-refractivity contribution is -0.131. The van der Waals surface area contributed by atoms with E-state index in [2.05, 4.69) is 19.1 Å². The zero-order valence-electron chi connectivity index (χ0n) is 16.3. The Hall–Kier alpha value is -1.13. The number of unbranched alkanes of at least 4 members (excludes halogenated alkanes) is 5. The number of carboxylic acids is 1. The van der Waals surface area contributed by atoms with Gasteiger partial charge in [0.2, 0.25) is 0 Å². The molecular formula is C22H36O4. The van der Waals surface area contributed by atoms with Gasteiger partial charge in [-0.15, -0.1) is 0 Å². The average Bonchev–Trinajstić information content (AvgIpc) is 3.22. The van der Waals surface area contributed by atoms with Crippen molar-refractivity contribution >= 4 is 5.97 Å². The number of ether oxygens (including phenoxy) is 2. The standard InChI is InChI=1S/C22H36O4/c1-2-3-4-5-8-11-16-25-17-19-18(20-14-15-21(19)26-20)12-9-6-7-10-13-22(23)24/h6,9-10,13,18-21H,2-5,7-8,11-12,14-17H2,1H3,(H,23,24)/b9-6-,13-10+/t18-,19+,20-,21+/m0/s1. The van der Waals surface area contributed by atoms with Gasteiger partial charge in [-0.2, -0.15) is 0 Å². The molecule has 0 spiro atoms. The van der Waals surface area contributed by atoms with Gasteiger partial charge in [0.25, 0.3) is 0 Å². The summed E-state index contributed by atoms with van der Waals surface area (Å²) in [5.41, 5.74) is 0. The molecule has 0 saturated carbocycles. The quantitative estimate of drug-likeness (QED) is 0.264. The fraction of sp³-hybridized carbons (Fsp3) is 0.773. The minimum Gasteiger partial charge on any atom is -0.478 e. The number of fused-ring (bicyclic) bond motifs is 2. The Labute approximate surface area is 158 Å². The van der Waals surface area contributed by atoms with E-state index < -0.39 is 5.97 Å². The van der Waals surface area contributed by atoms with Crippen molar-refractivity contribution in [2.75, 3.05) is 13.2 Å². The van der Waals surface area contributed by atoms with Crippen LogP contribution in [0.15, 0.2) is 24.3 Å². The molecule has 4 atom stereocenters. The molecule has 2 heterocycles. The maximum atomic E-state index is 10.4. The van der Waals surface area contributed by atoms with Crippen molar-refractivity contribution in [1.82, 2.24) is 0 Å². The van der Waals surface area contributed by atoms with Crippen LogP contribution >= 0.6 is 0 Å². The molecule has 0 aromatic rings. The van der Waals surface area contributed by atoms with Crippen LogP contribution < -0.4 is 0 Å². The number of carbonyl (C=O) groups is 1. The van der Waals surface area contributed by atoms with E-state index in [0.717, 1.165) is 19.6 Å². The van der Waals surface area contributed by atoms with E-state index in [4.69, 9.17) is 14.6 Å². The topological polar surface area (TPSA) is 55.8 Å². The van der Waals surface area contributed by atoms with Gasteiger partial charge in [-0.05, 0) is 38.0 Å². The molecule has 2 aliphatic heterocycles. The van der Waals surface area contributed by atoms with Crippen molar-refractivity contribution in [2.24, 2.45) is 11.8 Å². The van der Waals surface area contributed by atoms with Crippen molar-refractivity contribution < 1.29 is 19.4 Å². The summed E-state index contributed by atoms with van der Waals surface area (Å²) >= 11 is 0. The number of allylic oxidation sites excluding steroid dienone is 3. The Morgan fingerprint density at radius 1 is 1.04 bits per heavy atom. The highest BCUT2D eigenvalue weighted by Crippen LogP contribution is 2.45. The molecule has 26 heavy (non-hydrogen) atoms. The second-order valence-corrected chi connectivity index (χ2v) is 7.64. The van der Waals surface area contributed by atoms with Crippen molar-refractivity contribution in [2.45, 2.75) is 83.3 Å². The van der Waals surface area contributed by atoms with E-state index in [-0.39, 0.29) is 0 Å². The van der Waals surface area contributed by atoms with Gasteiger partial charge >= 0.3 is 5.97 Å². The predicted molar refractivity (Wildman–Crippen MR) is 104 cm³/mol. The van der Waals surface area contributed by atoms with Crippen LogP contribution in [0.25, 0.3) is 0 Å². The molecule has 2 aliphatic rings. The average molecular weight is 365 g/mol.